The van der Waals surface area contributed by atoms with E-state index in [0.29, 0.717) is 13.0 Å². The molecule has 0 amide bonds. The number of carboxylic acids is 1. The molecule has 2 aromatic heterocycles. The molecule has 0 radical (unpaired) electrons. The summed E-state index contributed by atoms with van der Waals surface area (Å²) in [4.78, 5) is 18.4. The molecule has 1 aliphatic carbocycles. The molecule has 4 rings (SSSR count). The predicted molar refractivity (Wildman–Crippen MR) is 93.0 cm³/mol. The maximum absolute atomic E-state index is 11.6. The molecular weight excluding hydrogens is 324 g/mol. The molecule has 0 saturated heterocycles. The zero-order chi connectivity index (χ0) is 16.7. The van der Waals surface area contributed by atoms with Crippen LogP contribution >= 0.6 is 11.3 Å². The Hall–Kier alpha value is -2.34. The van der Waals surface area contributed by atoms with Crippen molar-refractivity contribution in [2.45, 2.75) is 32.1 Å². The van der Waals surface area contributed by atoms with E-state index >= 15 is 0 Å². The molecular formula is C18H18N2O3S. The Morgan fingerprint density at radius 3 is 3.08 bits per heavy atom. The molecule has 124 valence electrons. The van der Waals surface area contributed by atoms with Crippen LogP contribution < -0.4 is 4.74 Å². The summed E-state index contributed by atoms with van der Waals surface area (Å²) in [5, 5.41) is 9.55. The maximum Gasteiger partial charge on any atom is 0.312 e. The molecule has 0 spiro atoms. The van der Waals surface area contributed by atoms with Crippen molar-refractivity contribution in [1.82, 2.24) is 9.38 Å². The number of para-hydroxylation sites is 1. The fraction of sp³-hybridized carbons (Fsp3) is 0.333. The van der Waals surface area contributed by atoms with Crippen LogP contribution in [0.3, 0.4) is 0 Å². The summed E-state index contributed by atoms with van der Waals surface area (Å²) in [5.41, 5.74) is 2.66. The summed E-state index contributed by atoms with van der Waals surface area (Å²) in [6.07, 6.45) is 4.51. The highest BCUT2D eigenvalue weighted by Gasteiger charge is 2.31. The van der Waals surface area contributed by atoms with Gasteiger partial charge in [0.25, 0.3) is 0 Å². The van der Waals surface area contributed by atoms with Gasteiger partial charge in [0, 0.05) is 16.6 Å². The van der Waals surface area contributed by atoms with Gasteiger partial charge >= 0.3 is 5.97 Å². The second kappa shape index (κ2) is 5.94. The fourth-order valence-corrected chi connectivity index (χ4v) is 4.58. The minimum Gasteiger partial charge on any atom is -0.493 e. The first kappa shape index (κ1) is 15.2. The highest BCUT2D eigenvalue weighted by Crippen LogP contribution is 2.39. The third kappa shape index (κ3) is 2.38. The van der Waals surface area contributed by atoms with Gasteiger partial charge in [0.05, 0.1) is 23.9 Å². The molecule has 0 aliphatic heterocycles. The number of aryl methyl sites for hydroxylation is 1. The fourth-order valence-electron chi connectivity index (χ4n) is 3.38. The van der Waals surface area contributed by atoms with Gasteiger partial charge in [0.15, 0.2) is 4.96 Å². The zero-order valence-corrected chi connectivity index (χ0v) is 14.2. The molecule has 1 unspecified atom stereocenters. The Bertz CT molecular complexity index is 912. The molecule has 24 heavy (non-hydrogen) atoms. The van der Waals surface area contributed by atoms with Gasteiger partial charge in [-0.15, -0.1) is 11.3 Å². The van der Waals surface area contributed by atoms with Gasteiger partial charge in [0.2, 0.25) is 0 Å². The summed E-state index contributed by atoms with van der Waals surface area (Å²) >= 11 is 1.60. The van der Waals surface area contributed by atoms with Gasteiger partial charge in [0.1, 0.15) is 5.75 Å². The van der Waals surface area contributed by atoms with E-state index in [0.717, 1.165) is 45.4 Å². The van der Waals surface area contributed by atoms with Crippen molar-refractivity contribution in [3.8, 4) is 17.0 Å². The standard InChI is InChI=1S/C18H18N2O3S/c1-2-23-14-8-4-3-6-11(14)13-10-20-16-12(17(21)22)7-5-9-15(16)24-18(20)19-13/h3-4,6,8,10,12H,2,5,7,9H2,1H3,(H,21,22). The van der Waals surface area contributed by atoms with E-state index in [1.165, 1.54) is 0 Å². The zero-order valence-electron chi connectivity index (χ0n) is 13.4. The Morgan fingerprint density at radius 1 is 1.46 bits per heavy atom. The third-order valence-electron chi connectivity index (χ3n) is 4.42. The minimum absolute atomic E-state index is 0.438. The number of imidazole rings is 1. The summed E-state index contributed by atoms with van der Waals surface area (Å²) in [5.74, 6) is -0.387. The number of ether oxygens (including phenoxy) is 1. The van der Waals surface area contributed by atoms with Crippen LogP contribution in [0.1, 0.15) is 36.3 Å². The number of hydrogen-bond donors (Lipinski definition) is 1. The van der Waals surface area contributed by atoms with E-state index in [1.54, 1.807) is 11.3 Å². The van der Waals surface area contributed by atoms with Crippen LogP contribution in [0, 0.1) is 0 Å². The lowest BCUT2D eigenvalue weighted by Gasteiger charge is -2.18. The number of carboxylic acid groups (broad SMARTS) is 1. The highest BCUT2D eigenvalue weighted by molar-refractivity contribution is 7.17. The topological polar surface area (TPSA) is 63.8 Å². The molecule has 0 fully saturated rings. The second-order valence-corrected chi connectivity index (χ2v) is 6.96. The number of benzene rings is 1. The average molecular weight is 342 g/mol. The third-order valence-corrected chi connectivity index (χ3v) is 5.55. The average Bonchev–Trinajstić information content (AvgIpc) is 3.12. The number of rotatable bonds is 4. The van der Waals surface area contributed by atoms with Gasteiger partial charge < -0.3 is 9.84 Å². The van der Waals surface area contributed by atoms with Crippen molar-refractivity contribution in [1.29, 1.82) is 0 Å². The van der Waals surface area contributed by atoms with E-state index in [-0.39, 0.29) is 0 Å². The molecule has 1 aliphatic rings. The molecule has 2 heterocycles. The van der Waals surface area contributed by atoms with Crippen molar-refractivity contribution in [3.05, 3.63) is 41.0 Å². The Morgan fingerprint density at radius 2 is 2.29 bits per heavy atom. The Kier molecular flexibility index (Phi) is 3.76. The number of hydrogen-bond acceptors (Lipinski definition) is 4. The quantitative estimate of drug-likeness (QED) is 0.779. The maximum atomic E-state index is 11.6. The van der Waals surface area contributed by atoms with E-state index in [1.807, 2.05) is 41.8 Å². The van der Waals surface area contributed by atoms with E-state index in [2.05, 4.69) is 0 Å². The van der Waals surface area contributed by atoms with Gasteiger partial charge in [-0.25, -0.2) is 4.98 Å². The van der Waals surface area contributed by atoms with Crippen LogP contribution in [0.2, 0.25) is 0 Å². The van der Waals surface area contributed by atoms with Crippen LogP contribution in [0.25, 0.3) is 16.2 Å². The minimum atomic E-state index is -0.749. The monoisotopic (exact) mass is 342 g/mol. The Balaban J connectivity index is 1.85. The first-order chi connectivity index (χ1) is 11.7. The van der Waals surface area contributed by atoms with Gasteiger partial charge in [-0.1, -0.05) is 12.1 Å². The van der Waals surface area contributed by atoms with Crippen molar-refractivity contribution < 1.29 is 14.6 Å². The smallest absolute Gasteiger partial charge is 0.312 e. The second-order valence-electron chi connectivity index (χ2n) is 5.90. The first-order valence-electron chi connectivity index (χ1n) is 8.14. The first-order valence-corrected chi connectivity index (χ1v) is 8.96. The summed E-state index contributed by atoms with van der Waals surface area (Å²) in [6, 6.07) is 7.82. The number of nitrogens with zero attached hydrogens (tertiary/aromatic N) is 2. The normalized spacial score (nSPS) is 17.0. The van der Waals surface area contributed by atoms with Crippen LogP contribution in [-0.4, -0.2) is 27.1 Å². The lowest BCUT2D eigenvalue weighted by Crippen LogP contribution is -2.18. The van der Waals surface area contributed by atoms with Crippen LogP contribution in [0.15, 0.2) is 30.5 Å². The molecule has 6 heteroatoms. The van der Waals surface area contributed by atoms with Crippen molar-refractivity contribution >= 4 is 22.3 Å². The SMILES string of the molecule is CCOc1ccccc1-c1cn2c3c(sc2n1)CCCC3C(=O)O. The predicted octanol–water partition coefficient (Wildman–Crippen LogP) is 3.97. The van der Waals surface area contributed by atoms with Gasteiger partial charge in [-0.05, 0) is 38.3 Å². The Labute approximate surface area is 143 Å². The number of thiazole rings is 1. The molecule has 0 bridgehead atoms. The lowest BCUT2D eigenvalue weighted by molar-refractivity contribution is -0.139. The molecule has 0 saturated carbocycles. The molecule has 1 aromatic carbocycles. The molecule has 1 atom stereocenters. The van der Waals surface area contributed by atoms with Gasteiger partial charge in [-0.2, -0.15) is 0 Å². The van der Waals surface area contributed by atoms with Crippen LogP contribution in [0.5, 0.6) is 5.75 Å². The van der Waals surface area contributed by atoms with E-state index in [9.17, 15) is 9.90 Å². The van der Waals surface area contributed by atoms with E-state index < -0.39 is 11.9 Å². The highest BCUT2D eigenvalue weighted by atomic mass is 32.1. The number of carbonyl (C=O) groups is 1. The molecule has 1 N–H and O–H groups in total. The van der Waals surface area contributed by atoms with E-state index in [4.69, 9.17) is 9.72 Å². The van der Waals surface area contributed by atoms with Crippen LogP contribution in [0.4, 0.5) is 0 Å². The summed E-state index contributed by atoms with van der Waals surface area (Å²) in [7, 11) is 0. The van der Waals surface area contributed by atoms with Gasteiger partial charge in [-0.3, -0.25) is 9.20 Å². The lowest BCUT2D eigenvalue weighted by atomic mass is 9.91. The molecule has 3 aromatic rings. The number of aliphatic carboxylic acids is 1. The van der Waals surface area contributed by atoms with Crippen molar-refractivity contribution in [3.63, 3.8) is 0 Å². The number of aromatic nitrogens is 2. The van der Waals surface area contributed by atoms with Crippen LogP contribution in [-0.2, 0) is 11.2 Å². The summed E-state index contributed by atoms with van der Waals surface area (Å²) in [6.45, 7) is 2.55. The van der Waals surface area contributed by atoms with Crippen molar-refractivity contribution in [2.75, 3.05) is 6.61 Å². The molecule has 5 nitrogen and oxygen atoms in total. The summed E-state index contributed by atoms with van der Waals surface area (Å²) < 4.78 is 7.66. The largest absolute Gasteiger partial charge is 0.493 e. The number of fused-ring (bicyclic) bond motifs is 3. The van der Waals surface area contributed by atoms with Crippen molar-refractivity contribution in [2.24, 2.45) is 0 Å².